The van der Waals surface area contributed by atoms with E-state index < -0.39 is 0 Å². The average molecular weight is 501 g/mol. The minimum Gasteiger partial charge on any atom is -0.355 e. The van der Waals surface area contributed by atoms with Crippen LogP contribution in [0.1, 0.15) is 45.6 Å². The van der Waals surface area contributed by atoms with Crippen molar-refractivity contribution in [3.8, 4) is 0 Å². The second-order valence-corrected chi connectivity index (χ2v) is 7.58. The van der Waals surface area contributed by atoms with Gasteiger partial charge in [-0.2, -0.15) is 0 Å². The molecule has 0 aliphatic carbocycles. The minimum atomic E-state index is 0. The molecule has 0 saturated carbocycles. The highest BCUT2D eigenvalue weighted by Crippen LogP contribution is 2.15. The number of hydrogen-bond acceptors (Lipinski definition) is 3. The van der Waals surface area contributed by atoms with Crippen LogP contribution in [0.2, 0.25) is 0 Å². The van der Waals surface area contributed by atoms with Crippen molar-refractivity contribution in [2.75, 3.05) is 32.0 Å². The third kappa shape index (κ3) is 8.34. The molecule has 0 aromatic heterocycles. The van der Waals surface area contributed by atoms with Gasteiger partial charge in [-0.15, -0.1) is 24.0 Å². The van der Waals surface area contributed by atoms with E-state index in [2.05, 4.69) is 32.8 Å². The van der Waals surface area contributed by atoms with Crippen molar-refractivity contribution in [3.63, 3.8) is 0 Å². The molecule has 0 spiro atoms. The molecule has 6 nitrogen and oxygen atoms in total. The van der Waals surface area contributed by atoms with Crippen LogP contribution in [0.4, 0.5) is 5.69 Å². The van der Waals surface area contributed by atoms with E-state index in [1.54, 1.807) is 7.05 Å². The number of anilines is 1. The maximum absolute atomic E-state index is 11.9. The summed E-state index contributed by atoms with van der Waals surface area (Å²) in [6.45, 7) is 10.2. The van der Waals surface area contributed by atoms with Gasteiger partial charge in [-0.05, 0) is 49.5 Å². The summed E-state index contributed by atoms with van der Waals surface area (Å²) in [7, 11) is 1.80. The van der Waals surface area contributed by atoms with Crippen LogP contribution in [0.25, 0.3) is 0 Å². The molecule has 0 radical (unpaired) electrons. The Kier molecular flexibility index (Phi) is 11.4. The van der Waals surface area contributed by atoms with Crippen molar-refractivity contribution in [1.29, 1.82) is 0 Å². The zero-order chi connectivity index (χ0) is 19.6. The van der Waals surface area contributed by atoms with Crippen molar-refractivity contribution in [1.82, 2.24) is 15.5 Å². The van der Waals surface area contributed by atoms with Gasteiger partial charge in [-0.1, -0.05) is 32.9 Å². The van der Waals surface area contributed by atoms with E-state index in [1.165, 1.54) is 19.4 Å². The van der Waals surface area contributed by atoms with Crippen LogP contribution in [-0.2, 0) is 11.3 Å². The topological polar surface area (TPSA) is 68.8 Å². The van der Waals surface area contributed by atoms with Crippen LogP contribution in [0.3, 0.4) is 0 Å². The first kappa shape index (κ1) is 24.7. The van der Waals surface area contributed by atoms with Crippen molar-refractivity contribution in [2.24, 2.45) is 10.9 Å². The predicted octanol–water partition coefficient (Wildman–Crippen LogP) is 3.44. The molecule has 1 aromatic carbocycles. The van der Waals surface area contributed by atoms with Crippen LogP contribution < -0.4 is 16.0 Å². The standard InChI is InChI=1S/C21H35N5O.HI/c1-5-26-11-7-10-19(26)15-24-21(22-4)23-14-17-8-6-9-18(13-17)25-20(27)12-16(2)3;/h6,8-9,13,16,19H,5,7,10-12,14-15H2,1-4H3,(H,25,27)(H2,22,23,24);1H. The number of amides is 1. The summed E-state index contributed by atoms with van der Waals surface area (Å²) in [5, 5.41) is 9.78. The number of halogens is 1. The van der Waals surface area contributed by atoms with Crippen molar-refractivity contribution in [3.05, 3.63) is 29.8 Å². The largest absolute Gasteiger partial charge is 0.355 e. The number of guanidine groups is 1. The van der Waals surface area contributed by atoms with E-state index in [0.717, 1.165) is 30.3 Å². The lowest BCUT2D eigenvalue weighted by Crippen LogP contribution is -2.44. The molecule has 1 aliphatic rings. The normalized spacial score (nSPS) is 17.3. The van der Waals surface area contributed by atoms with Gasteiger partial charge in [0, 0.05) is 38.3 Å². The second kappa shape index (κ2) is 13.0. The number of rotatable bonds is 8. The summed E-state index contributed by atoms with van der Waals surface area (Å²) >= 11 is 0. The lowest BCUT2D eigenvalue weighted by Gasteiger charge is -2.24. The Balaban J connectivity index is 0.00000392. The lowest BCUT2D eigenvalue weighted by atomic mass is 10.1. The fourth-order valence-corrected chi connectivity index (χ4v) is 3.51. The van der Waals surface area contributed by atoms with Gasteiger partial charge in [-0.25, -0.2) is 0 Å². The zero-order valence-corrected chi connectivity index (χ0v) is 20.0. The molecule has 1 fully saturated rings. The Morgan fingerprint density at radius 1 is 1.32 bits per heavy atom. The molecular weight excluding hydrogens is 465 g/mol. The first-order chi connectivity index (χ1) is 13.0. The number of likely N-dealkylation sites (N-methyl/N-ethyl adjacent to an activating group) is 1. The average Bonchev–Trinajstić information content (AvgIpc) is 3.09. The molecule has 1 heterocycles. The number of aliphatic imine (C=N–C) groups is 1. The highest BCUT2D eigenvalue weighted by molar-refractivity contribution is 14.0. The number of nitrogens with zero attached hydrogens (tertiary/aromatic N) is 2. The van der Waals surface area contributed by atoms with E-state index in [4.69, 9.17) is 0 Å². The molecule has 1 amide bonds. The number of carbonyl (C=O) groups is 1. The van der Waals surface area contributed by atoms with E-state index in [-0.39, 0.29) is 29.9 Å². The molecule has 1 saturated heterocycles. The second-order valence-electron chi connectivity index (χ2n) is 7.58. The molecule has 1 aromatic rings. The molecule has 7 heteroatoms. The van der Waals surface area contributed by atoms with E-state index in [1.807, 2.05) is 38.1 Å². The first-order valence-corrected chi connectivity index (χ1v) is 10.1. The third-order valence-electron chi connectivity index (χ3n) is 4.90. The highest BCUT2D eigenvalue weighted by atomic mass is 127. The summed E-state index contributed by atoms with van der Waals surface area (Å²) in [6.07, 6.45) is 3.06. The third-order valence-corrected chi connectivity index (χ3v) is 4.90. The summed E-state index contributed by atoms with van der Waals surface area (Å²) in [5.41, 5.74) is 1.95. The fraction of sp³-hybridized carbons (Fsp3) is 0.619. The molecule has 0 bridgehead atoms. The summed E-state index contributed by atoms with van der Waals surface area (Å²) in [6, 6.07) is 8.54. The smallest absolute Gasteiger partial charge is 0.224 e. The maximum Gasteiger partial charge on any atom is 0.224 e. The SMILES string of the molecule is CCN1CCCC1CNC(=NC)NCc1cccc(NC(=O)CC(C)C)c1.I. The Morgan fingerprint density at radius 2 is 2.11 bits per heavy atom. The predicted molar refractivity (Wildman–Crippen MR) is 128 cm³/mol. The van der Waals surface area contributed by atoms with E-state index in [9.17, 15) is 4.79 Å². The number of benzene rings is 1. The summed E-state index contributed by atoms with van der Waals surface area (Å²) < 4.78 is 0. The molecule has 1 atom stereocenters. The minimum absolute atomic E-state index is 0. The van der Waals surface area contributed by atoms with Gasteiger partial charge < -0.3 is 16.0 Å². The maximum atomic E-state index is 11.9. The quantitative estimate of drug-likeness (QED) is 0.290. The highest BCUT2D eigenvalue weighted by Gasteiger charge is 2.22. The molecule has 2 rings (SSSR count). The van der Waals surface area contributed by atoms with Crippen molar-refractivity contribution in [2.45, 2.75) is 52.6 Å². The van der Waals surface area contributed by atoms with E-state index in [0.29, 0.717) is 24.9 Å². The molecule has 1 aliphatic heterocycles. The molecular formula is C21H36IN5O. The molecule has 1 unspecified atom stereocenters. The fourth-order valence-electron chi connectivity index (χ4n) is 3.51. The summed E-state index contributed by atoms with van der Waals surface area (Å²) in [5.74, 6) is 1.23. The number of hydrogen-bond donors (Lipinski definition) is 3. The molecule has 28 heavy (non-hydrogen) atoms. The van der Waals surface area contributed by atoms with Gasteiger partial charge in [0.1, 0.15) is 0 Å². The lowest BCUT2D eigenvalue weighted by molar-refractivity contribution is -0.116. The van der Waals surface area contributed by atoms with Gasteiger partial charge in [0.15, 0.2) is 5.96 Å². The van der Waals surface area contributed by atoms with Crippen LogP contribution in [0.15, 0.2) is 29.3 Å². The molecule has 158 valence electrons. The van der Waals surface area contributed by atoms with Crippen molar-refractivity contribution < 1.29 is 4.79 Å². The summed E-state index contributed by atoms with van der Waals surface area (Å²) in [4.78, 5) is 18.8. The van der Waals surface area contributed by atoms with E-state index >= 15 is 0 Å². The van der Waals surface area contributed by atoms with Crippen LogP contribution in [0.5, 0.6) is 0 Å². The van der Waals surface area contributed by atoms with Gasteiger partial charge in [0.25, 0.3) is 0 Å². The first-order valence-electron chi connectivity index (χ1n) is 10.1. The Hall–Kier alpha value is -1.35. The Morgan fingerprint density at radius 3 is 2.79 bits per heavy atom. The number of likely N-dealkylation sites (tertiary alicyclic amines) is 1. The zero-order valence-electron chi connectivity index (χ0n) is 17.6. The van der Waals surface area contributed by atoms with Gasteiger partial charge in [-0.3, -0.25) is 14.7 Å². The van der Waals surface area contributed by atoms with Crippen LogP contribution in [-0.4, -0.2) is 49.5 Å². The number of nitrogens with one attached hydrogen (secondary N) is 3. The Bertz CT molecular complexity index is 635. The molecule has 3 N–H and O–H groups in total. The van der Waals surface area contributed by atoms with Crippen LogP contribution >= 0.6 is 24.0 Å². The Labute approximate surface area is 187 Å². The van der Waals surface area contributed by atoms with Gasteiger partial charge in [0.05, 0.1) is 0 Å². The van der Waals surface area contributed by atoms with Crippen molar-refractivity contribution >= 4 is 41.5 Å². The van der Waals surface area contributed by atoms with Crippen LogP contribution in [0, 0.1) is 5.92 Å². The monoisotopic (exact) mass is 501 g/mol. The van der Waals surface area contributed by atoms with Gasteiger partial charge >= 0.3 is 0 Å². The van der Waals surface area contributed by atoms with Gasteiger partial charge in [0.2, 0.25) is 5.91 Å². The number of carbonyl (C=O) groups excluding carboxylic acids is 1.